The lowest BCUT2D eigenvalue weighted by Gasteiger charge is -2.18. The molecule has 0 aromatic rings. The van der Waals surface area contributed by atoms with E-state index in [2.05, 4.69) is 6.92 Å². The Morgan fingerprint density at radius 3 is 1.46 bits per heavy atom. The zero-order valence-corrected chi connectivity index (χ0v) is 23.6. The molecule has 0 spiro atoms. The van der Waals surface area contributed by atoms with Crippen LogP contribution in [0.4, 0.5) is 0 Å². The Morgan fingerprint density at radius 1 is 0.542 bits per heavy atom. The molecule has 6 nitrogen and oxygen atoms in total. The van der Waals surface area contributed by atoms with Crippen LogP contribution in [0.5, 0.6) is 0 Å². The van der Waals surface area contributed by atoms with Crippen LogP contribution in [-0.2, 0) is 24.7 Å². The molecule has 1 fully saturated rings. The van der Waals surface area contributed by atoms with E-state index in [-0.39, 0.29) is 0 Å². The van der Waals surface area contributed by atoms with E-state index in [1.807, 2.05) is 0 Å². The van der Waals surface area contributed by atoms with Crippen molar-refractivity contribution in [3.05, 3.63) is 0 Å². The fourth-order valence-corrected chi connectivity index (χ4v) is 15.2. The lowest BCUT2D eigenvalue weighted by Crippen LogP contribution is -2.31. The Morgan fingerprint density at radius 2 is 0.958 bits per heavy atom. The smallest absolute Gasteiger partial charge is 0.303 e. The van der Waals surface area contributed by atoms with Crippen molar-refractivity contribution in [3.8, 4) is 0 Å². The summed E-state index contributed by atoms with van der Waals surface area (Å²) >= 11 is 0. The van der Waals surface area contributed by atoms with Gasteiger partial charge in [0.15, 0.2) is 0 Å². The van der Waals surface area contributed by atoms with Crippen molar-refractivity contribution in [2.24, 2.45) is 0 Å². The van der Waals surface area contributed by atoms with E-state index in [0.717, 1.165) is 6.04 Å². The fraction of sp³-hybridized carbons (Fsp3) is 1.00. The first kappa shape index (κ1) is 23.1. The standard InChI is InChI=1S/C12H36O6Si6/c1-2-3-4-5-6-7-8-9-10-11-12-24-17-22-15-20-13-19-14-21-16-23-18-24/h24H,2-12,19-23H2,1H3. The maximum atomic E-state index is 5.93. The highest BCUT2D eigenvalue weighted by Crippen LogP contribution is 2.12. The second kappa shape index (κ2) is 18.8. The first-order valence-corrected chi connectivity index (χ1v) is 17.0. The molecule has 1 rings (SSSR count). The molecule has 0 saturated carbocycles. The van der Waals surface area contributed by atoms with Gasteiger partial charge in [0.1, 0.15) is 0 Å². The molecule has 0 aromatic carbocycles. The molecule has 0 radical (unpaired) electrons. The molecule has 0 aliphatic carbocycles. The average Bonchev–Trinajstić information content (AvgIpc) is 2.58. The van der Waals surface area contributed by atoms with Crippen LogP contribution in [0.3, 0.4) is 0 Å². The van der Waals surface area contributed by atoms with E-state index >= 15 is 0 Å². The lowest BCUT2D eigenvalue weighted by molar-refractivity contribution is 0.333. The van der Waals surface area contributed by atoms with Crippen molar-refractivity contribution in [1.82, 2.24) is 0 Å². The molecular weight excluding hydrogens is 409 g/mol. The fourth-order valence-electron chi connectivity index (χ4n) is 2.57. The lowest BCUT2D eigenvalue weighted by atomic mass is 10.1. The summed E-state index contributed by atoms with van der Waals surface area (Å²) in [5.74, 6) is 0. The molecule has 0 bridgehead atoms. The number of hydrogen-bond acceptors (Lipinski definition) is 6. The van der Waals surface area contributed by atoms with Gasteiger partial charge in [-0.1, -0.05) is 71.1 Å². The van der Waals surface area contributed by atoms with Gasteiger partial charge in [0.2, 0.25) is 0 Å². The van der Waals surface area contributed by atoms with E-state index < -0.39 is 59.3 Å². The Labute approximate surface area is 161 Å². The predicted molar refractivity (Wildman–Crippen MR) is 113 cm³/mol. The number of rotatable bonds is 11. The zero-order chi connectivity index (χ0) is 17.1. The van der Waals surface area contributed by atoms with Crippen molar-refractivity contribution in [2.45, 2.75) is 77.2 Å². The van der Waals surface area contributed by atoms with E-state index in [9.17, 15) is 0 Å². The summed E-state index contributed by atoms with van der Waals surface area (Å²) in [6.07, 6.45) is 13.6. The monoisotopic (exact) mass is 444 g/mol. The summed E-state index contributed by atoms with van der Waals surface area (Å²) in [7, 11) is -5.90. The second-order valence-electron chi connectivity index (χ2n) is 6.14. The van der Waals surface area contributed by atoms with E-state index in [0.29, 0.717) is 0 Å². The third-order valence-corrected chi connectivity index (χ3v) is 14.2. The molecular formula is C12H36O6Si6. The van der Waals surface area contributed by atoms with Crippen molar-refractivity contribution in [3.63, 3.8) is 0 Å². The normalized spacial score (nSPS) is 26.1. The third kappa shape index (κ3) is 15.3. The summed E-state index contributed by atoms with van der Waals surface area (Å²) in [6, 6.07) is 1.10. The Kier molecular flexibility index (Phi) is 18.1. The van der Waals surface area contributed by atoms with Gasteiger partial charge in [-0.2, -0.15) is 0 Å². The zero-order valence-electron chi connectivity index (χ0n) is 15.3. The van der Waals surface area contributed by atoms with Crippen LogP contribution in [0.2, 0.25) is 6.04 Å². The highest BCUT2D eigenvalue weighted by Gasteiger charge is 2.14. The van der Waals surface area contributed by atoms with Gasteiger partial charge < -0.3 is 24.7 Å². The van der Waals surface area contributed by atoms with Gasteiger partial charge in [0.05, 0.1) is 0 Å². The average molecular weight is 445 g/mol. The maximum absolute atomic E-state index is 5.93. The van der Waals surface area contributed by atoms with Crippen molar-refractivity contribution in [1.29, 1.82) is 0 Å². The molecule has 0 atom stereocenters. The van der Waals surface area contributed by atoms with Gasteiger partial charge in [0, 0.05) is 0 Å². The van der Waals surface area contributed by atoms with Crippen molar-refractivity contribution in [2.75, 3.05) is 0 Å². The van der Waals surface area contributed by atoms with Crippen LogP contribution >= 0.6 is 0 Å². The van der Waals surface area contributed by atoms with Gasteiger partial charge in [-0.05, 0) is 6.04 Å². The van der Waals surface area contributed by atoms with Crippen LogP contribution in [0.25, 0.3) is 0 Å². The molecule has 0 unspecified atom stereocenters. The second-order valence-corrected chi connectivity index (χ2v) is 18.0. The summed E-state index contributed by atoms with van der Waals surface area (Å²) < 4.78 is 33.9. The molecule has 1 aliphatic rings. The third-order valence-electron chi connectivity index (χ3n) is 3.97. The van der Waals surface area contributed by atoms with E-state index in [4.69, 9.17) is 24.7 Å². The Bertz CT molecular complexity index is 256. The molecule has 0 amide bonds. The van der Waals surface area contributed by atoms with Crippen molar-refractivity contribution < 1.29 is 24.7 Å². The summed E-state index contributed by atoms with van der Waals surface area (Å²) in [5.41, 5.74) is 0. The largest absolute Gasteiger partial charge is 0.425 e. The number of hydrogen-bond donors (Lipinski definition) is 0. The Balaban J connectivity index is 1.96. The van der Waals surface area contributed by atoms with Crippen LogP contribution < -0.4 is 0 Å². The summed E-state index contributed by atoms with van der Waals surface area (Å²) in [5, 5.41) is 0. The summed E-state index contributed by atoms with van der Waals surface area (Å²) in [6.45, 7) is 2.27. The highest BCUT2D eigenvalue weighted by atomic mass is 28.4. The highest BCUT2D eigenvalue weighted by molar-refractivity contribution is 6.59. The van der Waals surface area contributed by atoms with Crippen LogP contribution in [0.1, 0.15) is 71.1 Å². The predicted octanol–water partition coefficient (Wildman–Crippen LogP) is -0.765. The quantitative estimate of drug-likeness (QED) is 0.308. The van der Waals surface area contributed by atoms with Crippen molar-refractivity contribution >= 4 is 59.3 Å². The molecule has 1 aliphatic heterocycles. The van der Waals surface area contributed by atoms with E-state index in [1.54, 1.807) is 0 Å². The minimum atomic E-state index is -1.54. The van der Waals surface area contributed by atoms with Crippen LogP contribution in [0, 0.1) is 0 Å². The number of unbranched alkanes of at least 4 members (excludes halogenated alkanes) is 9. The van der Waals surface area contributed by atoms with Gasteiger partial charge in [-0.3, -0.25) is 0 Å². The van der Waals surface area contributed by atoms with Gasteiger partial charge >= 0.3 is 9.28 Å². The summed E-state index contributed by atoms with van der Waals surface area (Å²) in [4.78, 5) is 0. The van der Waals surface area contributed by atoms with Gasteiger partial charge in [-0.25, -0.2) is 0 Å². The minimum absolute atomic E-state index is 0.838. The molecule has 0 aromatic heterocycles. The maximum Gasteiger partial charge on any atom is 0.303 e. The first-order chi connectivity index (χ1) is 11.9. The minimum Gasteiger partial charge on any atom is -0.425 e. The van der Waals surface area contributed by atoms with Crippen LogP contribution in [-0.4, -0.2) is 59.3 Å². The Hall–Kier alpha value is 1.06. The molecule has 144 valence electrons. The molecule has 24 heavy (non-hydrogen) atoms. The molecule has 1 heterocycles. The van der Waals surface area contributed by atoms with Gasteiger partial charge in [-0.15, -0.1) is 0 Å². The molecule has 1 saturated heterocycles. The SMILES string of the molecule is CCCCCCCCCCCC[SiH]1O[SiH2]O[SiH2]O[SiH2]O[SiH2]O[SiH2]O1. The van der Waals surface area contributed by atoms with E-state index in [1.165, 1.54) is 64.2 Å². The first-order valence-electron chi connectivity index (χ1n) is 9.47. The topological polar surface area (TPSA) is 55.4 Å². The van der Waals surface area contributed by atoms with Crippen LogP contribution in [0.15, 0.2) is 0 Å². The molecule has 12 heteroatoms. The van der Waals surface area contributed by atoms with Gasteiger partial charge in [0.25, 0.3) is 50.0 Å². The molecule has 0 N–H and O–H groups in total.